The van der Waals surface area contributed by atoms with E-state index in [1.807, 2.05) is 11.8 Å². The van der Waals surface area contributed by atoms with E-state index in [9.17, 15) is 12.8 Å². The maximum atomic E-state index is 14.0. The molecular formula is C20H19ClFN3O3S. The van der Waals surface area contributed by atoms with Gasteiger partial charge in [0.1, 0.15) is 10.7 Å². The molecule has 0 N–H and O–H groups in total. The van der Waals surface area contributed by atoms with Gasteiger partial charge in [-0.25, -0.2) is 9.37 Å². The summed E-state index contributed by atoms with van der Waals surface area (Å²) in [6.45, 7) is 3.34. The van der Waals surface area contributed by atoms with Gasteiger partial charge in [-0.15, -0.1) is 0 Å². The van der Waals surface area contributed by atoms with Crippen LogP contribution in [0.3, 0.4) is 0 Å². The maximum absolute atomic E-state index is 14.0. The zero-order valence-corrected chi connectivity index (χ0v) is 17.3. The molecule has 6 nitrogen and oxygen atoms in total. The molecule has 9 heteroatoms. The third kappa shape index (κ3) is 4.13. The fourth-order valence-corrected chi connectivity index (χ4v) is 4.42. The normalized spacial score (nSPS) is 14.9. The molecule has 0 atom stereocenters. The van der Waals surface area contributed by atoms with Crippen molar-refractivity contribution in [1.29, 1.82) is 0 Å². The standard InChI is InChI=1S/C20H19ClFN3O3S/c1-13-5-7-15(8-6-13)29(26,27)28-19-16-11-14(22)12-17(21)18(16)23-20(24-19)25-9-3-2-4-10-25/h5-8,11-12H,2-4,9-10H2,1H3. The third-order valence-electron chi connectivity index (χ3n) is 4.81. The third-order valence-corrected chi connectivity index (χ3v) is 6.32. The summed E-state index contributed by atoms with van der Waals surface area (Å²) < 4.78 is 44.9. The monoisotopic (exact) mass is 435 g/mol. The van der Waals surface area contributed by atoms with Crippen molar-refractivity contribution in [2.24, 2.45) is 0 Å². The van der Waals surface area contributed by atoms with Crippen molar-refractivity contribution in [1.82, 2.24) is 9.97 Å². The second-order valence-corrected chi connectivity index (χ2v) is 8.96. The molecule has 0 aliphatic carbocycles. The predicted octanol–water partition coefficient (Wildman–Crippen LogP) is 4.49. The molecule has 2 heterocycles. The van der Waals surface area contributed by atoms with E-state index in [1.54, 1.807) is 12.1 Å². The Morgan fingerprint density at radius 1 is 1.07 bits per heavy atom. The molecule has 1 aromatic heterocycles. The smallest absolute Gasteiger partial charge is 0.340 e. The first-order chi connectivity index (χ1) is 13.8. The van der Waals surface area contributed by atoms with E-state index >= 15 is 0 Å². The highest BCUT2D eigenvalue weighted by atomic mass is 35.5. The summed E-state index contributed by atoms with van der Waals surface area (Å²) in [7, 11) is -4.17. The number of hydrogen-bond donors (Lipinski definition) is 0. The van der Waals surface area contributed by atoms with E-state index < -0.39 is 15.9 Å². The average molecular weight is 436 g/mol. The first kappa shape index (κ1) is 19.8. The van der Waals surface area contributed by atoms with Gasteiger partial charge in [0, 0.05) is 13.1 Å². The molecular weight excluding hydrogens is 417 g/mol. The first-order valence-electron chi connectivity index (χ1n) is 9.26. The largest absolute Gasteiger partial charge is 0.357 e. The van der Waals surface area contributed by atoms with Crippen LogP contribution in [0.5, 0.6) is 5.88 Å². The number of anilines is 1. The highest BCUT2D eigenvalue weighted by Crippen LogP contribution is 2.33. The minimum absolute atomic E-state index is 0.0168. The molecule has 1 saturated heterocycles. The molecule has 2 aromatic carbocycles. The van der Waals surface area contributed by atoms with Gasteiger partial charge < -0.3 is 9.08 Å². The van der Waals surface area contributed by atoms with Crippen LogP contribution in [-0.2, 0) is 10.1 Å². The number of fused-ring (bicyclic) bond motifs is 1. The summed E-state index contributed by atoms with van der Waals surface area (Å²) >= 11 is 6.20. The molecule has 1 aliphatic rings. The van der Waals surface area contributed by atoms with E-state index in [2.05, 4.69) is 9.97 Å². The van der Waals surface area contributed by atoms with E-state index in [0.29, 0.717) is 5.95 Å². The number of piperidine rings is 1. The van der Waals surface area contributed by atoms with Crippen LogP contribution in [0.1, 0.15) is 24.8 Å². The Kier molecular flexibility index (Phi) is 5.31. The van der Waals surface area contributed by atoms with Crippen molar-refractivity contribution in [3.05, 3.63) is 52.8 Å². The number of halogens is 2. The molecule has 0 spiro atoms. The Morgan fingerprint density at radius 3 is 2.45 bits per heavy atom. The Balaban J connectivity index is 1.83. The Morgan fingerprint density at radius 2 is 1.76 bits per heavy atom. The summed E-state index contributed by atoms with van der Waals surface area (Å²) in [4.78, 5) is 10.7. The number of benzene rings is 2. The lowest BCUT2D eigenvalue weighted by Gasteiger charge is -2.27. The van der Waals surface area contributed by atoms with Crippen molar-refractivity contribution < 1.29 is 17.0 Å². The molecule has 4 rings (SSSR count). The summed E-state index contributed by atoms with van der Waals surface area (Å²) in [5.41, 5.74) is 1.16. The lowest BCUT2D eigenvalue weighted by Crippen LogP contribution is -2.31. The average Bonchev–Trinajstić information content (AvgIpc) is 2.69. The van der Waals surface area contributed by atoms with E-state index in [4.69, 9.17) is 15.8 Å². The molecule has 152 valence electrons. The summed E-state index contributed by atoms with van der Waals surface area (Å²) in [5, 5.41) is 0.171. The molecule has 1 aliphatic heterocycles. The molecule has 0 unspecified atom stereocenters. The van der Waals surface area contributed by atoms with Crippen molar-refractivity contribution in [3.8, 4) is 5.88 Å². The highest BCUT2D eigenvalue weighted by Gasteiger charge is 2.24. The summed E-state index contributed by atoms with van der Waals surface area (Å²) in [6.07, 6.45) is 3.08. The van der Waals surface area contributed by atoms with Gasteiger partial charge >= 0.3 is 10.1 Å². The maximum Gasteiger partial charge on any atom is 0.340 e. The number of rotatable bonds is 4. The van der Waals surface area contributed by atoms with E-state index in [-0.39, 0.29) is 26.7 Å². The zero-order valence-electron chi connectivity index (χ0n) is 15.7. The second kappa shape index (κ2) is 7.76. The Labute approximate surface area is 173 Å². The van der Waals surface area contributed by atoms with Crippen LogP contribution in [0.25, 0.3) is 10.9 Å². The minimum atomic E-state index is -4.17. The van der Waals surface area contributed by atoms with Gasteiger partial charge in [-0.3, -0.25) is 0 Å². The summed E-state index contributed by atoms with van der Waals surface area (Å²) in [5.74, 6) is -0.549. The van der Waals surface area contributed by atoms with Gasteiger partial charge in [0.15, 0.2) is 0 Å². The van der Waals surface area contributed by atoms with Gasteiger partial charge in [0.2, 0.25) is 11.8 Å². The van der Waals surface area contributed by atoms with Crippen molar-refractivity contribution in [2.45, 2.75) is 31.1 Å². The lowest BCUT2D eigenvalue weighted by atomic mass is 10.1. The van der Waals surface area contributed by atoms with E-state index in [1.165, 1.54) is 12.1 Å². The number of nitrogens with zero attached hydrogens (tertiary/aromatic N) is 3. The van der Waals surface area contributed by atoms with Crippen molar-refractivity contribution >= 4 is 38.6 Å². The molecule has 0 saturated carbocycles. The fraction of sp³-hybridized carbons (Fsp3) is 0.300. The predicted molar refractivity (Wildman–Crippen MR) is 110 cm³/mol. The van der Waals surface area contributed by atoms with Crippen LogP contribution in [0.4, 0.5) is 10.3 Å². The van der Waals surface area contributed by atoms with Crippen LogP contribution in [-0.4, -0.2) is 31.5 Å². The molecule has 0 bridgehead atoms. The van der Waals surface area contributed by atoms with Gasteiger partial charge in [0.25, 0.3) is 0 Å². The minimum Gasteiger partial charge on any atom is -0.357 e. The van der Waals surface area contributed by atoms with Gasteiger partial charge in [-0.2, -0.15) is 13.4 Å². The molecule has 0 amide bonds. The Hall–Kier alpha value is -2.45. The number of aromatic nitrogens is 2. The van der Waals surface area contributed by atoms with Crippen LogP contribution in [0.2, 0.25) is 5.02 Å². The zero-order chi connectivity index (χ0) is 20.6. The van der Waals surface area contributed by atoms with Crippen molar-refractivity contribution in [3.63, 3.8) is 0 Å². The number of aryl methyl sites for hydroxylation is 1. The van der Waals surface area contributed by atoms with Crippen LogP contribution in [0, 0.1) is 12.7 Å². The molecule has 1 fully saturated rings. The SMILES string of the molecule is Cc1ccc(S(=O)(=O)Oc2nc(N3CCCCC3)nc3c(Cl)cc(F)cc23)cc1. The fourth-order valence-electron chi connectivity index (χ4n) is 3.27. The Bertz CT molecular complexity index is 1160. The first-order valence-corrected chi connectivity index (χ1v) is 11.0. The molecule has 0 radical (unpaired) electrons. The topological polar surface area (TPSA) is 72.4 Å². The van der Waals surface area contributed by atoms with E-state index in [0.717, 1.165) is 50.0 Å². The molecule has 29 heavy (non-hydrogen) atoms. The van der Waals surface area contributed by atoms with Crippen molar-refractivity contribution in [2.75, 3.05) is 18.0 Å². The van der Waals surface area contributed by atoms with Crippen LogP contribution >= 0.6 is 11.6 Å². The van der Waals surface area contributed by atoms with Gasteiger partial charge in [-0.05, 0) is 50.5 Å². The second-order valence-electron chi connectivity index (χ2n) is 7.01. The van der Waals surface area contributed by atoms with Gasteiger partial charge in [0.05, 0.1) is 15.9 Å². The quantitative estimate of drug-likeness (QED) is 0.562. The highest BCUT2D eigenvalue weighted by molar-refractivity contribution is 7.87. The lowest BCUT2D eigenvalue weighted by molar-refractivity contribution is 0.477. The van der Waals surface area contributed by atoms with Gasteiger partial charge in [-0.1, -0.05) is 29.3 Å². The number of hydrogen-bond acceptors (Lipinski definition) is 6. The van der Waals surface area contributed by atoms with Crippen LogP contribution < -0.4 is 9.08 Å². The summed E-state index contributed by atoms with van der Waals surface area (Å²) in [6, 6.07) is 8.50. The molecule has 3 aromatic rings. The van der Waals surface area contributed by atoms with Crippen LogP contribution in [0.15, 0.2) is 41.3 Å².